The van der Waals surface area contributed by atoms with E-state index in [4.69, 9.17) is 5.11 Å². The number of alkyl halides is 3. The number of nitrogens with one attached hydrogen (secondary N) is 1. The number of carboxylic acid groups (broad SMARTS) is 1. The van der Waals surface area contributed by atoms with E-state index in [1.165, 1.54) is 0 Å². The monoisotopic (exact) mass is 311 g/mol. The molecule has 0 aliphatic carbocycles. The summed E-state index contributed by atoms with van der Waals surface area (Å²) in [6.07, 6.45) is -4.76. The van der Waals surface area contributed by atoms with Crippen LogP contribution in [0.1, 0.15) is 0 Å². The molecule has 2 N–H and O–H groups in total. The van der Waals surface area contributed by atoms with Gasteiger partial charge < -0.3 is 10.4 Å². The predicted octanol–water partition coefficient (Wildman–Crippen LogP) is 3.12. The van der Waals surface area contributed by atoms with E-state index in [2.05, 4.69) is 21.2 Å². The molecule has 0 saturated carbocycles. The minimum absolute atomic E-state index is 0.426. The Bertz CT molecular complexity index is 409. The molecule has 0 aliphatic heterocycles. The van der Waals surface area contributed by atoms with Crippen LogP contribution in [0.2, 0.25) is 0 Å². The van der Waals surface area contributed by atoms with Crippen LogP contribution in [0.4, 0.5) is 18.9 Å². The molecule has 0 amide bonds. The molecule has 0 aliphatic rings. The maximum Gasteiger partial charge on any atom is 0.403 e. The fraction of sp³-hybridized carbons (Fsp3) is 0.300. The van der Waals surface area contributed by atoms with Gasteiger partial charge in [0.15, 0.2) is 5.92 Å². The minimum Gasteiger partial charge on any atom is -0.481 e. The molecule has 1 rings (SSSR count). The zero-order valence-electron chi connectivity index (χ0n) is 8.46. The van der Waals surface area contributed by atoms with Crippen LogP contribution >= 0.6 is 15.9 Å². The summed E-state index contributed by atoms with van der Waals surface area (Å²) in [4.78, 5) is 10.5. The van der Waals surface area contributed by atoms with Crippen LogP contribution in [0, 0.1) is 5.92 Å². The summed E-state index contributed by atoms with van der Waals surface area (Å²) in [7, 11) is 0. The van der Waals surface area contributed by atoms with E-state index >= 15 is 0 Å². The van der Waals surface area contributed by atoms with E-state index in [-0.39, 0.29) is 0 Å². The Balaban J connectivity index is 2.68. The molecule has 1 unspecified atom stereocenters. The molecule has 0 aromatic heterocycles. The van der Waals surface area contributed by atoms with Gasteiger partial charge in [0.05, 0.1) is 0 Å². The third kappa shape index (κ3) is 4.26. The number of hydrogen-bond donors (Lipinski definition) is 2. The molecule has 0 spiro atoms. The van der Waals surface area contributed by atoms with Crippen LogP contribution in [0.3, 0.4) is 0 Å². The van der Waals surface area contributed by atoms with Crippen LogP contribution in [0.15, 0.2) is 28.7 Å². The lowest BCUT2D eigenvalue weighted by molar-refractivity contribution is -0.190. The Hall–Kier alpha value is -1.24. The predicted molar refractivity (Wildman–Crippen MR) is 59.8 cm³/mol. The van der Waals surface area contributed by atoms with Gasteiger partial charge in [0.25, 0.3) is 0 Å². The van der Waals surface area contributed by atoms with Gasteiger partial charge >= 0.3 is 12.1 Å². The second-order valence-corrected chi connectivity index (χ2v) is 4.24. The van der Waals surface area contributed by atoms with Crippen molar-refractivity contribution in [3.63, 3.8) is 0 Å². The van der Waals surface area contributed by atoms with Crippen molar-refractivity contribution in [1.29, 1.82) is 0 Å². The maximum absolute atomic E-state index is 12.3. The fourth-order valence-electron chi connectivity index (χ4n) is 1.16. The Morgan fingerprint density at radius 3 is 2.59 bits per heavy atom. The van der Waals surface area contributed by atoms with Gasteiger partial charge in [-0.2, -0.15) is 13.2 Å². The Kier molecular flexibility index (Phi) is 4.39. The fourth-order valence-corrected chi connectivity index (χ4v) is 1.56. The molecule has 0 fully saturated rings. The van der Waals surface area contributed by atoms with Crippen molar-refractivity contribution in [2.45, 2.75) is 6.18 Å². The molecule has 1 aromatic carbocycles. The van der Waals surface area contributed by atoms with Crippen molar-refractivity contribution in [3.05, 3.63) is 28.7 Å². The van der Waals surface area contributed by atoms with Crippen molar-refractivity contribution < 1.29 is 23.1 Å². The first-order chi connectivity index (χ1) is 7.80. The smallest absolute Gasteiger partial charge is 0.403 e. The van der Waals surface area contributed by atoms with E-state index < -0.39 is 24.6 Å². The molecule has 1 aromatic rings. The molecule has 3 nitrogen and oxygen atoms in total. The largest absolute Gasteiger partial charge is 0.481 e. The third-order valence-electron chi connectivity index (χ3n) is 2.03. The van der Waals surface area contributed by atoms with E-state index in [9.17, 15) is 18.0 Å². The highest BCUT2D eigenvalue weighted by molar-refractivity contribution is 9.10. The number of rotatable bonds is 4. The van der Waals surface area contributed by atoms with Crippen molar-refractivity contribution in [3.8, 4) is 0 Å². The zero-order chi connectivity index (χ0) is 13.1. The summed E-state index contributed by atoms with van der Waals surface area (Å²) in [5, 5.41) is 10.9. The van der Waals surface area contributed by atoms with Gasteiger partial charge in [0.1, 0.15) is 0 Å². The number of aliphatic carboxylic acids is 1. The Morgan fingerprint density at radius 2 is 2.12 bits per heavy atom. The number of halogens is 4. The summed E-state index contributed by atoms with van der Waals surface area (Å²) in [5.74, 6) is -4.30. The van der Waals surface area contributed by atoms with Crippen LogP contribution in [-0.2, 0) is 4.79 Å². The quantitative estimate of drug-likeness (QED) is 0.898. The molecule has 1 atom stereocenters. The SMILES string of the molecule is O=C(O)C(CNc1cccc(Br)c1)C(F)(F)F. The van der Waals surface area contributed by atoms with Crippen LogP contribution in [0.25, 0.3) is 0 Å². The third-order valence-corrected chi connectivity index (χ3v) is 2.52. The van der Waals surface area contributed by atoms with Gasteiger partial charge in [-0.1, -0.05) is 22.0 Å². The van der Waals surface area contributed by atoms with Gasteiger partial charge in [0, 0.05) is 16.7 Å². The molecular formula is C10H9BrF3NO2. The van der Waals surface area contributed by atoms with Crippen molar-refractivity contribution >= 4 is 27.6 Å². The molecule has 0 radical (unpaired) electrons. The van der Waals surface area contributed by atoms with Gasteiger partial charge in [-0.3, -0.25) is 4.79 Å². The molecule has 7 heteroatoms. The molecule has 0 saturated heterocycles. The standard InChI is InChI=1S/C10H9BrF3NO2/c11-6-2-1-3-7(4-6)15-5-8(9(16)17)10(12,13)14/h1-4,8,15H,5H2,(H,16,17). The zero-order valence-corrected chi connectivity index (χ0v) is 10.0. The van der Waals surface area contributed by atoms with Crippen LogP contribution in [-0.4, -0.2) is 23.8 Å². The van der Waals surface area contributed by atoms with Crippen molar-refractivity contribution in [2.24, 2.45) is 5.92 Å². The molecule has 94 valence electrons. The summed E-state index contributed by atoms with van der Waals surface area (Å²) < 4.78 is 37.7. The van der Waals surface area contributed by atoms with Gasteiger partial charge in [-0.15, -0.1) is 0 Å². The first kappa shape index (κ1) is 13.8. The average molecular weight is 312 g/mol. The normalized spacial score (nSPS) is 13.2. The van der Waals surface area contributed by atoms with Crippen molar-refractivity contribution in [1.82, 2.24) is 0 Å². The molecule has 17 heavy (non-hydrogen) atoms. The average Bonchev–Trinajstić information content (AvgIpc) is 2.15. The number of carboxylic acids is 1. The van der Waals surface area contributed by atoms with Crippen LogP contribution in [0.5, 0.6) is 0 Å². The summed E-state index contributed by atoms with van der Waals surface area (Å²) >= 11 is 3.16. The van der Waals surface area contributed by atoms with Crippen LogP contribution < -0.4 is 5.32 Å². The first-order valence-electron chi connectivity index (χ1n) is 4.59. The maximum atomic E-state index is 12.3. The molecule has 0 heterocycles. The lowest BCUT2D eigenvalue weighted by atomic mass is 10.1. The van der Waals surface area contributed by atoms with Gasteiger partial charge in [0.2, 0.25) is 0 Å². The van der Waals surface area contributed by atoms with Gasteiger partial charge in [-0.05, 0) is 18.2 Å². The second-order valence-electron chi connectivity index (χ2n) is 3.32. The number of anilines is 1. The summed E-state index contributed by atoms with van der Waals surface area (Å²) in [6.45, 7) is -0.699. The first-order valence-corrected chi connectivity index (χ1v) is 5.39. The summed E-state index contributed by atoms with van der Waals surface area (Å²) in [6, 6.07) is 6.47. The van der Waals surface area contributed by atoms with E-state index in [0.717, 1.165) is 0 Å². The Labute approximate surface area is 104 Å². The number of benzene rings is 1. The van der Waals surface area contributed by atoms with Gasteiger partial charge in [-0.25, -0.2) is 0 Å². The van der Waals surface area contributed by atoms with E-state index in [1.807, 2.05) is 0 Å². The van der Waals surface area contributed by atoms with E-state index in [0.29, 0.717) is 10.2 Å². The minimum atomic E-state index is -4.76. The highest BCUT2D eigenvalue weighted by atomic mass is 79.9. The number of carbonyl (C=O) groups is 1. The second kappa shape index (κ2) is 5.39. The lowest BCUT2D eigenvalue weighted by Crippen LogP contribution is -2.36. The lowest BCUT2D eigenvalue weighted by Gasteiger charge is -2.17. The molecule has 0 bridgehead atoms. The molecular weight excluding hydrogens is 303 g/mol. The number of hydrogen-bond acceptors (Lipinski definition) is 2. The topological polar surface area (TPSA) is 49.3 Å². The summed E-state index contributed by atoms with van der Waals surface area (Å²) in [5.41, 5.74) is 0.426. The van der Waals surface area contributed by atoms with Crippen molar-refractivity contribution in [2.75, 3.05) is 11.9 Å². The Morgan fingerprint density at radius 1 is 1.47 bits per heavy atom. The highest BCUT2D eigenvalue weighted by Crippen LogP contribution is 2.27. The van der Waals surface area contributed by atoms with E-state index in [1.54, 1.807) is 24.3 Å². The highest BCUT2D eigenvalue weighted by Gasteiger charge is 2.44.